The molecule has 0 amide bonds. The predicted molar refractivity (Wildman–Crippen MR) is 141 cm³/mol. The summed E-state index contributed by atoms with van der Waals surface area (Å²) in [5.41, 5.74) is 1.66. The maximum Gasteiger partial charge on any atom is 0.341 e. The van der Waals surface area contributed by atoms with Gasteiger partial charge in [0.05, 0.1) is 17.1 Å². The number of imidazole rings is 1. The summed E-state index contributed by atoms with van der Waals surface area (Å²) in [5, 5.41) is 9.39. The third kappa shape index (κ3) is 5.75. The molecule has 4 aromatic rings. The van der Waals surface area contributed by atoms with E-state index in [1.807, 2.05) is 16.7 Å². The molecule has 0 bridgehead atoms. The van der Waals surface area contributed by atoms with Gasteiger partial charge in [0, 0.05) is 22.7 Å². The Bertz CT molecular complexity index is 1420. The van der Waals surface area contributed by atoms with Gasteiger partial charge in [0.2, 0.25) is 0 Å². The molecule has 0 aliphatic heterocycles. The fourth-order valence-corrected chi connectivity index (χ4v) is 5.25. The second-order valence-electron chi connectivity index (χ2n) is 9.50. The number of aromatic nitrogens is 2. The molecule has 0 unspecified atom stereocenters. The first-order valence-corrected chi connectivity index (χ1v) is 13.0. The van der Waals surface area contributed by atoms with E-state index in [-0.39, 0.29) is 18.6 Å². The van der Waals surface area contributed by atoms with Crippen LogP contribution in [0.2, 0.25) is 5.02 Å². The molecular weight excluding hydrogens is 514 g/mol. The standard InChI is InChI=1S/C29H27ClF2N2O4/c30-20-8-6-19(7-9-20)29-33-25-14-23(31)24(32)15-26(25)34(29)27(18-4-2-1-3-5-18)16-37-21-10-12-22(13-11-21)38-17-28(35)36/h6-15,18,27H,1-5,16-17H2,(H,35,36)/t27-/m1/s1. The molecule has 3 aromatic carbocycles. The van der Waals surface area contributed by atoms with Gasteiger partial charge in [-0.25, -0.2) is 18.6 Å². The Morgan fingerprint density at radius 3 is 2.26 bits per heavy atom. The fourth-order valence-electron chi connectivity index (χ4n) is 5.13. The largest absolute Gasteiger partial charge is 0.491 e. The number of halogens is 3. The lowest BCUT2D eigenvalue weighted by Crippen LogP contribution is -2.28. The number of hydrogen-bond acceptors (Lipinski definition) is 4. The van der Waals surface area contributed by atoms with Crippen molar-refractivity contribution in [2.24, 2.45) is 5.92 Å². The zero-order chi connectivity index (χ0) is 26.6. The number of ether oxygens (including phenoxy) is 2. The van der Waals surface area contributed by atoms with Gasteiger partial charge in [0.15, 0.2) is 18.2 Å². The van der Waals surface area contributed by atoms with Crippen molar-refractivity contribution in [2.45, 2.75) is 38.1 Å². The van der Waals surface area contributed by atoms with Gasteiger partial charge in [-0.05, 0) is 67.3 Å². The number of fused-ring (bicyclic) bond motifs is 1. The first-order valence-electron chi connectivity index (χ1n) is 12.6. The molecule has 1 atom stereocenters. The van der Waals surface area contributed by atoms with E-state index in [2.05, 4.69) is 0 Å². The van der Waals surface area contributed by atoms with Crippen molar-refractivity contribution in [1.82, 2.24) is 9.55 Å². The van der Waals surface area contributed by atoms with Crippen molar-refractivity contribution in [3.05, 3.63) is 77.3 Å². The second kappa shape index (κ2) is 11.4. The van der Waals surface area contributed by atoms with Gasteiger partial charge >= 0.3 is 5.97 Å². The van der Waals surface area contributed by atoms with Crippen LogP contribution in [0.1, 0.15) is 38.1 Å². The highest BCUT2D eigenvalue weighted by molar-refractivity contribution is 6.30. The minimum absolute atomic E-state index is 0.196. The molecule has 38 heavy (non-hydrogen) atoms. The predicted octanol–water partition coefficient (Wildman–Crippen LogP) is 7.30. The number of nitrogens with zero attached hydrogens (tertiary/aromatic N) is 2. The van der Waals surface area contributed by atoms with Crippen molar-refractivity contribution in [3.8, 4) is 22.9 Å². The van der Waals surface area contributed by atoms with E-state index in [0.29, 0.717) is 33.4 Å². The summed E-state index contributed by atoms with van der Waals surface area (Å²) < 4.78 is 42.1. The van der Waals surface area contributed by atoms with E-state index in [0.717, 1.165) is 43.7 Å². The monoisotopic (exact) mass is 540 g/mol. The van der Waals surface area contributed by atoms with E-state index < -0.39 is 24.2 Å². The van der Waals surface area contributed by atoms with Crippen molar-refractivity contribution < 1.29 is 28.2 Å². The minimum atomic E-state index is -1.05. The highest BCUT2D eigenvalue weighted by Gasteiger charge is 2.30. The van der Waals surface area contributed by atoms with Gasteiger partial charge < -0.3 is 19.1 Å². The second-order valence-corrected chi connectivity index (χ2v) is 9.93. The molecular formula is C29H27ClF2N2O4. The quantitative estimate of drug-likeness (QED) is 0.241. The summed E-state index contributed by atoms with van der Waals surface area (Å²) in [6, 6.07) is 16.1. The molecule has 1 aromatic heterocycles. The van der Waals surface area contributed by atoms with Gasteiger partial charge in [-0.15, -0.1) is 0 Å². The van der Waals surface area contributed by atoms with Crippen molar-refractivity contribution >= 4 is 28.6 Å². The van der Waals surface area contributed by atoms with Gasteiger partial charge in [0.1, 0.15) is 23.9 Å². The van der Waals surface area contributed by atoms with Crippen LogP contribution >= 0.6 is 11.6 Å². The summed E-state index contributed by atoms with van der Waals surface area (Å²) in [7, 11) is 0. The molecule has 1 heterocycles. The Morgan fingerprint density at radius 2 is 1.61 bits per heavy atom. The zero-order valence-corrected chi connectivity index (χ0v) is 21.3. The van der Waals surface area contributed by atoms with Crippen LogP contribution in [0.4, 0.5) is 8.78 Å². The minimum Gasteiger partial charge on any atom is -0.491 e. The lowest BCUT2D eigenvalue weighted by Gasteiger charge is -2.32. The average Bonchev–Trinajstić information content (AvgIpc) is 3.27. The van der Waals surface area contributed by atoms with E-state index in [9.17, 15) is 13.6 Å². The Balaban J connectivity index is 1.53. The molecule has 9 heteroatoms. The molecule has 1 aliphatic rings. The number of carboxylic acids is 1. The van der Waals surface area contributed by atoms with Crippen molar-refractivity contribution in [3.63, 3.8) is 0 Å². The maximum atomic E-state index is 14.5. The van der Waals surface area contributed by atoms with Gasteiger partial charge in [0.25, 0.3) is 0 Å². The number of carboxylic acid groups (broad SMARTS) is 1. The van der Waals surface area contributed by atoms with Crippen LogP contribution < -0.4 is 9.47 Å². The SMILES string of the molecule is O=C(O)COc1ccc(OC[C@H](C2CCCCC2)n2c(-c3ccc(Cl)cc3)nc3cc(F)c(F)cc32)cc1. The summed E-state index contributed by atoms with van der Waals surface area (Å²) in [6.07, 6.45) is 5.31. The number of aliphatic carboxylic acids is 1. The van der Waals surface area contributed by atoms with Crippen molar-refractivity contribution in [1.29, 1.82) is 0 Å². The molecule has 1 N–H and O–H groups in total. The summed E-state index contributed by atoms with van der Waals surface area (Å²) in [6.45, 7) is -0.146. The van der Waals surface area contributed by atoms with Gasteiger partial charge in [-0.1, -0.05) is 30.9 Å². The average molecular weight is 541 g/mol. The molecule has 1 aliphatic carbocycles. The van der Waals surface area contributed by atoms with E-state index in [1.165, 1.54) is 6.07 Å². The van der Waals surface area contributed by atoms with Crippen LogP contribution in [-0.2, 0) is 4.79 Å². The van der Waals surface area contributed by atoms with Crippen LogP contribution in [0.5, 0.6) is 11.5 Å². The smallest absolute Gasteiger partial charge is 0.341 e. The highest BCUT2D eigenvalue weighted by atomic mass is 35.5. The molecule has 5 rings (SSSR count). The van der Waals surface area contributed by atoms with Crippen LogP contribution in [0.15, 0.2) is 60.7 Å². The van der Waals surface area contributed by atoms with Gasteiger partial charge in [-0.2, -0.15) is 0 Å². The summed E-state index contributed by atoms with van der Waals surface area (Å²) in [4.78, 5) is 15.5. The normalized spacial score (nSPS) is 14.9. The lowest BCUT2D eigenvalue weighted by molar-refractivity contribution is -0.139. The topological polar surface area (TPSA) is 73.6 Å². The summed E-state index contributed by atoms with van der Waals surface area (Å²) >= 11 is 6.12. The number of rotatable bonds is 9. The van der Waals surface area contributed by atoms with E-state index >= 15 is 0 Å². The number of benzene rings is 3. The Labute approximate surface area is 223 Å². The molecule has 0 spiro atoms. The number of carbonyl (C=O) groups is 1. The Kier molecular flexibility index (Phi) is 7.79. The van der Waals surface area contributed by atoms with Crippen LogP contribution in [0, 0.1) is 17.6 Å². The lowest BCUT2D eigenvalue weighted by atomic mass is 9.83. The van der Waals surface area contributed by atoms with E-state index in [1.54, 1.807) is 36.4 Å². The summed E-state index contributed by atoms with van der Waals surface area (Å²) in [5.74, 6) is -1.07. The molecule has 0 radical (unpaired) electrons. The zero-order valence-electron chi connectivity index (χ0n) is 20.6. The first kappa shape index (κ1) is 26.0. The molecule has 1 fully saturated rings. The Morgan fingerprint density at radius 1 is 0.974 bits per heavy atom. The number of hydrogen-bond donors (Lipinski definition) is 1. The van der Waals surface area contributed by atoms with Crippen LogP contribution in [-0.4, -0.2) is 33.8 Å². The molecule has 6 nitrogen and oxygen atoms in total. The van der Waals surface area contributed by atoms with Crippen molar-refractivity contribution in [2.75, 3.05) is 13.2 Å². The first-order chi connectivity index (χ1) is 18.4. The Hall–Kier alpha value is -3.65. The van der Waals surface area contributed by atoms with Crippen LogP contribution in [0.25, 0.3) is 22.4 Å². The molecule has 0 saturated heterocycles. The highest BCUT2D eigenvalue weighted by Crippen LogP contribution is 2.39. The third-order valence-corrected chi connectivity index (χ3v) is 7.22. The molecule has 1 saturated carbocycles. The third-order valence-electron chi connectivity index (χ3n) is 6.97. The molecule has 198 valence electrons. The fraction of sp³-hybridized carbons (Fsp3) is 0.310. The van der Waals surface area contributed by atoms with Gasteiger partial charge in [-0.3, -0.25) is 0 Å². The van der Waals surface area contributed by atoms with E-state index in [4.69, 9.17) is 31.2 Å². The maximum absolute atomic E-state index is 14.5. The van der Waals surface area contributed by atoms with Crippen LogP contribution in [0.3, 0.4) is 0 Å².